The van der Waals surface area contributed by atoms with E-state index < -0.39 is 0 Å². The van der Waals surface area contributed by atoms with Crippen molar-refractivity contribution in [1.82, 2.24) is 24.5 Å². The van der Waals surface area contributed by atoms with Gasteiger partial charge in [0.1, 0.15) is 0 Å². The summed E-state index contributed by atoms with van der Waals surface area (Å²) < 4.78 is 1.90. The van der Waals surface area contributed by atoms with E-state index in [0.29, 0.717) is 18.4 Å². The minimum atomic E-state index is 0.294. The average Bonchev–Trinajstić information content (AvgIpc) is 3.34. The number of aliphatic hydroxyl groups is 1. The van der Waals surface area contributed by atoms with Crippen LogP contribution in [0.1, 0.15) is 5.56 Å². The Hall–Kier alpha value is -1.73. The van der Waals surface area contributed by atoms with E-state index in [4.69, 9.17) is 0 Å². The second-order valence-electron chi connectivity index (χ2n) is 8.12. The maximum atomic E-state index is 9.90. The lowest BCUT2D eigenvalue weighted by atomic mass is 9.96. The molecular weight excluding hydrogens is 338 g/mol. The third kappa shape index (κ3) is 4.58. The second kappa shape index (κ2) is 8.52. The quantitative estimate of drug-likeness (QED) is 0.828. The first-order valence-electron chi connectivity index (χ1n) is 10.0. The van der Waals surface area contributed by atoms with Crippen LogP contribution in [-0.2, 0) is 6.54 Å². The predicted molar refractivity (Wildman–Crippen MR) is 107 cm³/mol. The van der Waals surface area contributed by atoms with Gasteiger partial charge in [0.05, 0.1) is 5.69 Å². The number of likely N-dealkylation sites (tertiary alicyclic amines) is 1. The van der Waals surface area contributed by atoms with E-state index >= 15 is 0 Å². The van der Waals surface area contributed by atoms with Crippen molar-refractivity contribution in [2.75, 3.05) is 59.5 Å². The molecule has 1 N–H and O–H groups in total. The van der Waals surface area contributed by atoms with E-state index in [0.717, 1.165) is 58.0 Å². The number of nitrogens with zero attached hydrogens (tertiary/aromatic N) is 5. The first-order chi connectivity index (χ1) is 13.2. The lowest BCUT2D eigenvalue weighted by Crippen LogP contribution is -2.47. The SMILES string of the molecule is CN1CCN(C[C@@H]2CN(Cc3cccc(-n4cccn4)c3)C[C@@H]2CO)CC1. The highest BCUT2D eigenvalue weighted by atomic mass is 16.3. The maximum absolute atomic E-state index is 9.90. The molecule has 6 heteroatoms. The fraction of sp³-hybridized carbons (Fsp3) is 0.571. The molecule has 0 unspecified atom stereocenters. The van der Waals surface area contributed by atoms with Gasteiger partial charge in [0, 0.05) is 71.4 Å². The van der Waals surface area contributed by atoms with Crippen LogP contribution in [0.15, 0.2) is 42.7 Å². The number of aromatic nitrogens is 2. The summed E-state index contributed by atoms with van der Waals surface area (Å²) in [7, 11) is 2.20. The first kappa shape index (κ1) is 18.6. The summed E-state index contributed by atoms with van der Waals surface area (Å²) in [5, 5.41) is 14.2. The van der Waals surface area contributed by atoms with E-state index in [1.165, 1.54) is 5.56 Å². The number of aliphatic hydroxyl groups excluding tert-OH is 1. The second-order valence-corrected chi connectivity index (χ2v) is 8.12. The van der Waals surface area contributed by atoms with Gasteiger partial charge in [0.25, 0.3) is 0 Å². The molecule has 2 aromatic rings. The van der Waals surface area contributed by atoms with Gasteiger partial charge in [-0.15, -0.1) is 0 Å². The van der Waals surface area contributed by atoms with Crippen molar-refractivity contribution in [3.63, 3.8) is 0 Å². The number of likely N-dealkylation sites (N-methyl/N-ethyl adjacent to an activating group) is 1. The monoisotopic (exact) mass is 369 g/mol. The Labute approximate surface area is 162 Å². The molecule has 2 fully saturated rings. The normalized spacial score (nSPS) is 25.3. The largest absolute Gasteiger partial charge is 0.396 e. The summed E-state index contributed by atoms with van der Waals surface area (Å²) in [6, 6.07) is 10.5. The van der Waals surface area contributed by atoms with Crippen LogP contribution in [0.2, 0.25) is 0 Å². The van der Waals surface area contributed by atoms with E-state index in [1.54, 1.807) is 0 Å². The van der Waals surface area contributed by atoms with Crippen molar-refractivity contribution in [2.24, 2.45) is 11.8 Å². The smallest absolute Gasteiger partial charge is 0.0648 e. The molecule has 4 rings (SSSR count). The summed E-state index contributed by atoms with van der Waals surface area (Å²) in [6.07, 6.45) is 3.78. The molecule has 0 saturated carbocycles. The van der Waals surface area contributed by atoms with Crippen LogP contribution in [0.25, 0.3) is 5.69 Å². The summed E-state index contributed by atoms with van der Waals surface area (Å²) in [5.74, 6) is 0.951. The van der Waals surface area contributed by atoms with Crippen molar-refractivity contribution in [1.29, 1.82) is 0 Å². The highest BCUT2D eigenvalue weighted by Crippen LogP contribution is 2.26. The zero-order valence-electron chi connectivity index (χ0n) is 16.2. The lowest BCUT2D eigenvalue weighted by molar-refractivity contribution is 0.116. The Morgan fingerprint density at radius 1 is 1.04 bits per heavy atom. The van der Waals surface area contributed by atoms with Crippen molar-refractivity contribution in [2.45, 2.75) is 6.54 Å². The summed E-state index contributed by atoms with van der Waals surface area (Å²) in [4.78, 5) is 7.48. The third-order valence-corrected chi connectivity index (χ3v) is 6.06. The molecule has 2 aliphatic rings. The van der Waals surface area contributed by atoms with Crippen LogP contribution in [0, 0.1) is 11.8 Å². The van der Waals surface area contributed by atoms with Gasteiger partial charge >= 0.3 is 0 Å². The first-order valence-corrected chi connectivity index (χ1v) is 10.0. The van der Waals surface area contributed by atoms with E-state index in [2.05, 4.69) is 51.1 Å². The highest BCUT2D eigenvalue weighted by molar-refractivity contribution is 5.35. The van der Waals surface area contributed by atoms with Gasteiger partial charge in [-0.25, -0.2) is 4.68 Å². The van der Waals surface area contributed by atoms with E-state index in [1.807, 2.05) is 23.1 Å². The fourth-order valence-electron chi connectivity index (χ4n) is 4.42. The van der Waals surface area contributed by atoms with Gasteiger partial charge in [-0.05, 0) is 42.6 Å². The third-order valence-electron chi connectivity index (χ3n) is 6.06. The minimum absolute atomic E-state index is 0.294. The maximum Gasteiger partial charge on any atom is 0.0648 e. The number of hydrogen-bond donors (Lipinski definition) is 1. The number of piperazine rings is 1. The number of hydrogen-bond acceptors (Lipinski definition) is 5. The lowest BCUT2D eigenvalue weighted by Gasteiger charge is -2.34. The van der Waals surface area contributed by atoms with E-state index in [9.17, 15) is 5.11 Å². The van der Waals surface area contributed by atoms with Crippen LogP contribution in [0.5, 0.6) is 0 Å². The molecule has 0 bridgehead atoms. The molecule has 27 heavy (non-hydrogen) atoms. The molecule has 1 aromatic carbocycles. The number of rotatable bonds is 6. The Bertz CT molecular complexity index is 711. The minimum Gasteiger partial charge on any atom is -0.396 e. The van der Waals surface area contributed by atoms with Crippen LogP contribution in [0.4, 0.5) is 0 Å². The molecule has 0 spiro atoms. The molecular formula is C21H31N5O. The van der Waals surface area contributed by atoms with Crippen LogP contribution >= 0.6 is 0 Å². The standard InChI is InChI=1S/C21H31N5O/c1-23-8-10-24(11-9-23)14-19-15-25(16-20(19)17-27)13-18-4-2-5-21(12-18)26-7-3-6-22-26/h2-7,12,19-20,27H,8-11,13-17H2,1H3/t19-,20-/m1/s1. The van der Waals surface area contributed by atoms with Crippen molar-refractivity contribution < 1.29 is 5.11 Å². The van der Waals surface area contributed by atoms with Gasteiger partial charge in [0.15, 0.2) is 0 Å². The zero-order valence-corrected chi connectivity index (χ0v) is 16.2. The van der Waals surface area contributed by atoms with Crippen molar-refractivity contribution >= 4 is 0 Å². The predicted octanol–water partition coefficient (Wildman–Crippen LogP) is 1.16. The molecule has 2 atom stereocenters. The Balaban J connectivity index is 1.37. The van der Waals surface area contributed by atoms with Crippen LogP contribution in [0.3, 0.4) is 0 Å². The molecule has 3 heterocycles. The van der Waals surface area contributed by atoms with Gasteiger partial charge in [-0.1, -0.05) is 12.1 Å². The summed E-state index contributed by atoms with van der Waals surface area (Å²) in [6.45, 7) is 9.01. The summed E-state index contributed by atoms with van der Waals surface area (Å²) in [5.41, 5.74) is 2.41. The Morgan fingerprint density at radius 2 is 1.85 bits per heavy atom. The highest BCUT2D eigenvalue weighted by Gasteiger charge is 2.33. The molecule has 146 valence electrons. The van der Waals surface area contributed by atoms with Crippen LogP contribution in [-0.4, -0.2) is 89.1 Å². The average molecular weight is 370 g/mol. The fourth-order valence-corrected chi connectivity index (χ4v) is 4.42. The molecule has 6 nitrogen and oxygen atoms in total. The Morgan fingerprint density at radius 3 is 2.59 bits per heavy atom. The Kier molecular flexibility index (Phi) is 5.88. The van der Waals surface area contributed by atoms with E-state index in [-0.39, 0.29) is 0 Å². The van der Waals surface area contributed by atoms with Crippen molar-refractivity contribution in [3.05, 3.63) is 48.3 Å². The summed E-state index contributed by atoms with van der Waals surface area (Å²) >= 11 is 0. The molecule has 0 radical (unpaired) electrons. The molecule has 1 aromatic heterocycles. The van der Waals surface area contributed by atoms with Gasteiger partial charge in [-0.3, -0.25) is 4.90 Å². The van der Waals surface area contributed by atoms with Gasteiger partial charge in [-0.2, -0.15) is 5.10 Å². The van der Waals surface area contributed by atoms with Crippen LogP contribution < -0.4 is 0 Å². The van der Waals surface area contributed by atoms with Gasteiger partial charge in [0.2, 0.25) is 0 Å². The van der Waals surface area contributed by atoms with Gasteiger partial charge < -0.3 is 14.9 Å². The van der Waals surface area contributed by atoms with Crippen molar-refractivity contribution in [3.8, 4) is 5.69 Å². The zero-order chi connectivity index (χ0) is 18.6. The molecule has 0 aliphatic carbocycles. The molecule has 0 amide bonds. The molecule has 2 aliphatic heterocycles. The topological polar surface area (TPSA) is 47.8 Å². The molecule has 2 saturated heterocycles. The number of benzene rings is 1.